The summed E-state index contributed by atoms with van der Waals surface area (Å²) in [5.74, 6) is 1.05. The maximum Gasteiger partial charge on any atom is 0.222 e. The van der Waals surface area contributed by atoms with Gasteiger partial charge in [0.2, 0.25) is 5.91 Å². The molecule has 1 amide bonds. The largest absolute Gasteiger partial charge is 0.494 e. The summed E-state index contributed by atoms with van der Waals surface area (Å²) in [5, 5.41) is 2.90. The maximum absolute atomic E-state index is 11.3. The van der Waals surface area contributed by atoms with Crippen LogP contribution in [0.25, 0.3) is 0 Å². The van der Waals surface area contributed by atoms with Crippen LogP contribution in [0.1, 0.15) is 26.3 Å². The van der Waals surface area contributed by atoms with E-state index in [-0.39, 0.29) is 11.8 Å². The van der Waals surface area contributed by atoms with E-state index < -0.39 is 0 Å². The van der Waals surface area contributed by atoms with Gasteiger partial charge in [0.25, 0.3) is 0 Å². The molecule has 0 aliphatic carbocycles. The van der Waals surface area contributed by atoms with E-state index >= 15 is 0 Å². The summed E-state index contributed by atoms with van der Waals surface area (Å²) in [6, 6.07) is 7.99. The predicted molar refractivity (Wildman–Crippen MR) is 69.2 cm³/mol. The minimum absolute atomic E-state index is 0.0512. The van der Waals surface area contributed by atoms with Gasteiger partial charge in [-0.2, -0.15) is 0 Å². The van der Waals surface area contributed by atoms with Crippen molar-refractivity contribution in [3.8, 4) is 5.75 Å². The standard InChI is InChI=1S/C14H21NO2/c1-4-17-13-7-5-12(6-8-13)9-10-15-14(16)11(2)3/h5-8,11H,4,9-10H2,1-3H3,(H,15,16). The highest BCUT2D eigenvalue weighted by Gasteiger charge is 2.05. The lowest BCUT2D eigenvalue weighted by molar-refractivity contribution is -0.123. The molecule has 3 heteroatoms. The molecule has 3 nitrogen and oxygen atoms in total. The number of carbonyl (C=O) groups is 1. The van der Waals surface area contributed by atoms with Crippen LogP contribution in [0.2, 0.25) is 0 Å². The fourth-order valence-electron chi connectivity index (χ4n) is 1.45. The summed E-state index contributed by atoms with van der Waals surface area (Å²) in [6.07, 6.45) is 0.852. The molecule has 0 aliphatic heterocycles. The Labute approximate surface area is 103 Å². The normalized spacial score (nSPS) is 10.4. The zero-order chi connectivity index (χ0) is 12.7. The van der Waals surface area contributed by atoms with E-state index in [9.17, 15) is 4.79 Å². The van der Waals surface area contributed by atoms with Crippen LogP contribution in [0.15, 0.2) is 24.3 Å². The minimum Gasteiger partial charge on any atom is -0.494 e. The van der Waals surface area contributed by atoms with Gasteiger partial charge in [0.15, 0.2) is 0 Å². The number of hydrogen-bond acceptors (Lipinski definition) is 2. The minimum atomic E-state index is 0.0512. The predicted octanol–water partition coefficient (Wildman–Crippen LogP) is 2.40. The van der Waals surface area contributed by atoms with E-state index in [0.29, 0.717) is 13.2 Å². The molecule has 1 aromatic carbocycles. The number of carbonyl (C=O) groups excluding carboxylic acids is 1. The van der Waals surface area contributed by atoms with Crippen LogP contribution in [-0.4, -0.2) is 19.1 Å². The van der Waals surface area contributed by atoms with Gasteiger partial charge in [0.05, 0.1) is 6.61 Å². The van der Waals surface area contributed by atoms with Crippen molar-refractivity contribution in [3.05, 3.63) is 29.8 Å². The molecule has 1 rings (SSSR count). The van der Waals surface area contributed by atoms with E-state index in [2.05, 4.69) is 5.32 Å². The Morgan fingerprint density at radius 1 is 1.29 bits per heavy atom. The second kappa shape index (κ2) is 6.94. The summed E-state index contributed by atoms with van der Waals surface area (Å²) in [5.41, 5.74) is 1.21. The molecule has 17 heavy (non-hydrogen) atoms. The maximum atomic E-state index is 11.3. The van der Waals surface area contributed by atoms with Gasteiger partial charge in [-0.05, 0) is 31.0 Å². The number of nitrogens with one attached hydrogen (secondary N) is 1. The van der Waals surface area contributed by atoms with Crippen molar-refractivity contribution in [3.63, 3.8) is 0 Å². The summed E-state index contributed by atoms with van der Waals surface area (Å²) < 4.78 is 5.37. The van der Waals surface area contributed by atoms with Crippen LogP contribution >= 0.6 is 0 Å². The molecule has 0 bridgehead atoms. The Hall–Kier alpha value is -1.51. The van der Waals surface area contributed by atoms with Crippen LogP contribution in [0, 0.1) is 5.92 Å². The van der Waals surface area contributed by atoms with Gasteiger partial charge in [-0.25, -0.2) is 0 Å². The Balaban J connectivity index is 2.34. The first-order valence-electron chi connectivity index (χ1n) is 6.13. The summed E-state index contributed by atoms with van der Waals surface area (Å²) in [6.45, 7) is 7.13. The Bertz CT molecular complexity index is 344. The fourth-order valence-corrected chi connectivity index (χ4v) is 1.45. The molecule has 1 N–H and O–H groups in total. The molecule has 0 atom stereocenters. The molecule has 0 spiro atoms. The Morgan fingerprint density at radius 2 is 1.94 bits per heavy atom. The summed E-state index contributed by atoms with van der Waals surface area (Å²) >= 11 is 0. The van der Waals surface area contributed by atoms with Gasteiger partial charge in [0.1, 0.15) is 5.75 Å². The van der Waals surface area contributed by atoms with Crippen molar-refractivity contribution in [1.29, 1.82) is 0 Å². The van der Waals surface area contributed by atoms with Crippen molar-refractivity contribution in [2.24, 2.45) is 5.92 Å². The van der Waals surface area contributed by atoms with Crippen molar-refractivity contribution >= 4 is 5.91 Å². The molecule has 94 valence electrons. The first kappa shape index (κ1) is 13.6. The third-order valence-corrected chi connectivity index (χ3v) is 2.47. The monoisotopic (exact) mass is 235 g/mol. The number of ether oxygens (including phenoxy) is 1. The molecule has 0 radical (unpaired) electrons. The van der Waals surface area contributed by atoms with E-state index in [4.69, 9.17) is 4.74 Å². The van der Waals surface area contributed by atoms with Gasteiger partial charge in [0, 0.05) is 12.5 Å². The van der Waals surface area contributed by atoms with E-state index in [1.54, 1.807) is 0 Å². The number of benzene rings is 1. The topological polar surface area (TPSA) is 38.3 Å². The zero-order valence-electron chi connectivity index (χ0n) is 10.8. The lowest BCUT2D eigenvalue weighted by atomic mass is 10.1. The molecule has 0 fully saturated rings. The highest BCUT2D eigenvalue weighted by Crippen LogP contribution is 2.12. The third kappa shape index (κ3) is 4.89. The van der Waals surface area contributed by atoms with Crippen molar-refractivity contribution < 1.29 is 9.53 Å². The number of rotatable bonds is 6. The fraction of sp³-hybridized carbons (Fsp3) is 0.500. The van der Waals surface area contributed by atoms with Gasteiger partial charge in [-0.3, -0.25) is 4.79 Å². The average Bonchev–Trinajstić information content (AvgIpc) is 2.31. The SMILES string of the molecule is CCOc1ccc(CCNC(=O)C(C)C)cc1. The van der Waals surface area contributed by atoms with E-state index in [1.165, 1.54) is 5.56 Å². The lowest BCUT2D eigenvalue weighted by Crippen LogP contribution is -2.29. The Kier molecular flexibility index (Phi) is 5.53. The van der Waals surface area contributed by atoms with E-state index in [1.807, 2.05) is 45.0 Å². The highest BCUT2D eigenvalue weighted by atomic mass is 16.5. The summed E-state index contributed by atoms with van der Waals surface area (Å²) in [4.78, 5) is 11.3. The van der Waals surface area contributed by atoms with Crippen LogP contribution < -0.4 is 10.1 Å². The van der Waals surface area contributed by atoms with Crippen molar-refractivity contribution in [1.82, 2.24) is 5.32 Å². The van der Waals surface area contributed by atoms with Crippen molar-refractivity contribution in [2.45, 2.75) is 27.2 Å². The first-order valence-corrected chi connectivity index (χ1v) is 6.13. The molecule has 1 aromatic rings. The summed E-state index contributed by atoms with van der Waals surface area (Å²) in [7, 11) is 0. The van der Waals surface area contributed by atoms with Crippen molar-refractivity contribution in [2.75, 3.05) is 13.2 Å². The third-order valence-electron chi connectivity index (χ3n) is 2.47. The molecular weight excluding hydrogens is 214 g/mol. The van der Waals surface area contributed by atoms with Gasteiger partial charge in [-0.15, -0.1) is 0 Å². The average molecular weight is 235 g/mol. The molecule has 0 aromatic heterocycles. The second-order valence-corrected chi connectivity index (χ2v) is 4.27. The lowest BCUT2D eigenvalue weighted by Gasteiger charge is -2.08. The van der Waals surface area contributed by atoms with Gasteiger partial charge >= 0.3 is 0 Å². The van der Waals surface area contributed by atoms with Gasteiger partial charge in [-0.1, -0.05) is 26.0 Å². The second-order valence-electron chi connectivity index (χ2n) is 4.27. The quantitative estimate of drug-likeness (QED) is 0.822. The van der Waals surface area contributed by atoms with Crippen LogP contribution in [0.4, 0.5) is 0 Å². The highest BCUT2D eigenvalue weighted by molar-refractivity contribution is 5.77. The van der Waals surface area contributed by atoms with Crippen LogP contribution in [0.3, 0.4) is 0 Å². The molecule has 0 unspecified atom stereocenters. The molecular formula is C14H21NO2. The molecule has 0 heterocycles. The van der Waals surface area contributed by atoms with E-state index in [0.717, 1.165) is 12.2 Å². The number of hydrogen-bond donors (Lipinski definition) is 1. The Morgan fingerprint density at radius 3 is 2.47 bits per heavy atom. The molecule has 0 saturated heterocycles. The first-order chi connectivity index (χ1) is 8.13. The zero-order valence-corrected chi connectivity index (χ0v) is 10.8. The van der Waals surface area contributed by atoms with Crippen LogP contribution in [-0.2, 0) is 11.2 Å². The number of amides is 1. The molecule has 0 aliphatic rings. The smallest absolute Gasteiger partial charge is 0.222 e. The molecule has 0 saturated carbocycles. The van der Waals surface area contributed by atoms with Crippen LogP contribution in [0.5, 0.6) is 5.75 Å². The van der Waals surface area contributed by atoms with Gasteiger partial charge < -0.3 is 10.1 Å².